The molecule has 8 heteroatoms. The lowest BCUT2D eigenvalue weighted by Gasteiger charge is -2.19. The zero-order valence-electron chi connectivity index (χ0n) is 15.0. The number of hydrogen-bond donors (Lipinski definition) is 1. The third-order valence-corrected chi connectivity index (χ3v) is 4.06. The molecule has 2 aromatic rings. The molecule has 1 N–H and O–H groups in total. The summed E-state index contributed by atoms with van der Waals surface area (Å²) in [5.41, 5.74) is 1.08. The van der Waals surface area contributed by atoms with Crippen molar-refractivity contribution in [1.82, 2.24) is 5.16 Å². The molecule has 1 aliphatic heterocycles. The lowest BCUT2D eigenvalue weighted by Crippen LogP contribution is -2.22. The van der Waals surface area contributed by atoms with E-state index in [0.29, 0.717) is 36.2 Å². The average molecular weight is 372 g/mol. The van der Waals surface area contributed by atoms with Gasteiger partial charge in [-0.15, -0.1) is 0 Å². The van der Waals surface area contributed by atoms with Crippen molar-refractivity contribution >= 4 is 18.4 Å². The Morgan fingerprint density at radius 3 is 2.89 bits per heavy atom. The van der Waals surface area contributed by atoms with Crippen LogP contribution >= 0.6 is 0 Å². The third-order valence-electron chi connectivity index (χ3n) is 4.06. The molecule has 27 heavy (non-hydrogen) atoms. The summed E-state index contributed by atoms with van der Waals surface area (Å²) in [7, 11) is 1.42. The van der Waals surface area contributed by atoms with Gasteiger partial charge in [0.2, 0.25) is 5.88 Å². The van der Waals surface area contributed by atoms with Crippen LogP contribution in [0.5, 0.6) is 5.75 Å². The Hall–Kier alpha value is -3.00. The van der Waals surface area contributed by atoms with Gasteiger partial charge in [0.25, 0.3) is 0 Å². The number of rotatable bonds is 6. The number of amidine groups is 1. The standard InChI is InChI=1S/C19H21FN4O3/c1-21-8-5-18(22-14-6-9-26-10-7-14)23-19-12-16(24-27-19)13-3-4-17(25-2)15(20)11-13/h3-5,8,11-12,14H,1,6-7,9-10H2,2H3,(H,22,23)/b8-5-. The molecule has 1 aromatic carbocycles. The number of nitrogens with one attached hydrogen (secondary N) is 1. The van der Waals surface area contributed by atoms with Gasteiger partial charge in [-0.1, -0.05) is 5.16 Å². The van der Waals surface area contributed by atoms with E-state index in [1.807, 2.05) is 0 Å². The first-order valence-electron chi connectivity index (χ1n) is 8.55. The highest BCUT2D eigenvalue weighted by molar-refractivity contribution is 6.03. The lowest BCUT2D eigenvalue weighted by atomic mass is 10.1. The summed E-state index contributed by atoms with van der Waals surface area (Å²) >= 11 is 0. The smallest absolute Gasteiger partial charge is 0.230 e. The maximum absolute atomic E-state index is 13.9. The van der Waals surface area contributed by atoms with Gasteiger partial charge in [0, 0.05) is 31.0 Å². The van der Waals surface area contributed by atoms with E-state index in [9.17, 15) is 4.39 Å². The van der Waals surface area contributed by atoms with E-state index in [2.05, 4.69) is 27.2 Å². The summed E-state index contributed by atoms with van der Waals surface area (Å²) in [6, 6.07) is 6.44. The van der Waals surface area contributed by atoms with Crippen LogP contribution in [0.15, 0.2) is 51.0 Å². The summed E-state index contributed by atoms with van der Waals surface area (Å²) in [6.07, 6.45) is 4.96. The van der Waals surface area contributed by atoms with Gasteiger partial charge < -0.3 is 19.3 Å². The van der Waals surface area contributed by atoms with Crippen LogP contribution in [0.2, 0.25) is 0 Å². The van der Waals surface area contributed by atoms with Crippen molar-refractivity contribution in [3.63, 3.8) is 0 Å². The molecule has 0 aliphatic carbocycles. The fourth-order valence-corrected chi connectivity index (χ4v) is 2.67. The quantitative estimate of drug-likeness (QED) is 0.618. The molecule has 142 valence electrons. The summed E-state index contributed by atoms with van der Waals surface area (Å²) in [5, 5.41) is 7.06. The van der Waals surface area contributed by atoms with Crippen LogP contribution in [0.1, 0.15) is 12.8 Å². The van der Waals surface area contributed by atoms with Gasteiger partial charge in [-0.2, -0.15) is 0 Å². The molecule has 0 spiro atoms. The van der Waals surface area contributed by atoms with Gasteiger partial charge in [0.05, 0.1) is 13.2 Å². The van der Waals surface area contributed by atoms with Crippen LogP contribution < -0.4 is 10.1 Å². The zero-order chi connectivity index (χ0) is 19.1. The fraction of sp³-hybridized carbons (Fsp3) is 0.316. The lowest BCUT2D eigenvalue weighted by molar-refractivity contribution is 0.0871. The number of halogens is 1. The predicted octanol–water partition coefficient (Wildman–Crippen LogP) is 3.69. The second-order valence-electron chi connectivity index (χ2n) is 5.91. The Bertz CT molecular complexity index is 841. The van der Waals surface area contributed by atoms with E-state index in [4.69, 9.17) is 14.0 Å². The molecule has 0 amide bonds. The second kappa shape index (κ2) is 9.09. The molecule has 2 heterocycles. The Kier molecular flexibility index (Phi) is 6.32. The van der Waals surface area contributed by atoms with Crippen molar-refractivity contribution < 1.29 is 18.4 Å². The molecule has 3 rings (SSSR count). The molecule has 0 radical (unpaired) electrons. The van der Waals surface area contributed by atoms with E-state index in [0.717, 1.165) is 12.8 Å². The molecule has 1 fully saturated rings. The molecule has 7 nitrogen and oxygen atoms in total. The highest BCUT2D eigenvalue weighted by atomic mass is 19.1. The van der Waals surface area contributed by atoms with E-state index in [1.54, 1.807) is 30.5 Å². The highest BCUT2D eigenvalue weighted by Gasteiger charge is 2.14. The van der Waals surface area contributed by atoms with Crippen molar-refractivity contribution in [3.05, 3.63) is 42.4 Å². The van der Waals surface area contributed by atoms with Gasteiger partial charge in [-0.05, 0) is 43.8 Å². The Labute approximate surface area is 156 Å². The molecule has 0 saturated carbocycles. The Balaban J connectivity index is 1.77. The molecule has 1 aromatic heterocycles. The van der Waals surface area contributed by atoms with Crippen molar-refractivity contribution in [1.29, 1.82) is 0 Å². The minimum absolute atomic E-state index is 0.161. The highest BCUT2D eigenvalue weighted by Crippen LogP contribution is 2.26. The number of anilines is 1. The number of aromatic nitrogens is 1. The van der Waals surface area contributed by atoms with Gasteiger partial charge in [-0.25, -0.2) is 4.39 Å². The van der Waals surface area contributed by atoms with Gasteiger partial charge in [0.1, 0.15) is 11.5 Å². The minimum atomic E-state index is -0.464. The summed E-state index contributed by atoms with van der Waals surface area (Å²) in [6.45, 7) is 4.82. The molecule has 0 bridgehead atoms. The SMILES string of the molecule is C=N/C=C\C(=NC1CCOCC1)Nc1cc(-c2ccc(OC)c(F)c2)no1. The van der Waals surface area contributed by atoms with E-state index < -0.39 is 5.82 Å². The molecule has 0 atom stereocenters. The van der Waals surface area contributed by atoms with Crippen molar-refractivity contribution in [2.75, 3.05) is 25.6 Å². The topological polar surface area (TPSA) is 81.2 Å². The van der Waals surface area contributed by atoms with Crippen LogP contribution in [0.25, 0.3) is 11.3 Å². The molecular formula is C19H21FN4O3. The van der Waals surface area contributed by atoms with Crippen LogP contribution in [0.4, 0.5) is 10.3 Å². The maximum Gasteiger partial charge on any atom is 0.230 e. The molecule has 0 unspecified atom stereocenters. The summed E-state index contributed by atoms with van der Waals surface area (Å²) in [5.74, 6) is 0.682. The third kappa shape index (κ3) is 5.01. The number of hydrogen-bond acceptors (Lipinski definition) is 6. The number of methoxy groups -OCH3 is 1. The van der Waals surface area contributed by atoms with E-state index in [1.165, 1.54) is 13.2 Å². The second-order valence-corrected chi connectivity index (χ2v) is 5.91. The van der Waals surface area contributed by atoms with Gasteiger partial charge >= 0.3 is 0 Å². The van der Waals surface area contributed by atoms with E-state index in [-0.39, 0.29) is 11.8 Å². The largest absolute Gasteiger partial charge is 0.494 e. The van der Waals surface area contributed by atoms with Crippen LogP contribution in [0.3, 0.4) is 0 Å². The monoisotopic (exact) mass is 372 g/mol. The number of ether oxygens (including phenoxy) is 2. The first kappa shape index (κ1) is 18.8. The normalized spacial score (nSPS) is 15.9. The summed E-state index contributed by atoms with van der Waals surface area (Å²) in [4.78, 5) is 8.39. The Morgan fingerprint density at radius 2 is 2.19 bits per heavy atom. The molecular weight excluding hydrogens is 351 g/mol. The van der Waals surface area contributed by atoms with Crippen LogP contribution in [0, 0.1) is 5.82 Å². The number of benzene rings is 1. The predicted molar refractivity (Wildman–Crippen MR) is 102 cm³/mol. The average Bonchev–Trinajstić information content (AvgIpc) is 3.15. The minimum Gasteiger partial charge on any atom is -0.494 e. The van der Waals surface area contributed by atoms with Crippen LogP contribution in [-0.2, 0) is 4.74 Å². The zero-order valence-corrected chi connectivity index (χ0v) is 15.0. The first-order valence-corrected chi connectivity index (χ1v) is 8.55. The van der Waals surface area contributed by atoms with E-state index >= 15 is 0 Å². The first-order chi connectivity index (χ1) is 13.2. The van der Waals surface area contributed by atoms with Crippen LogP contribution in [-0.4, -0.2) is 44.1 Å². The summed E-state index contributed by atoms with van der Waals surface area (Å²) < 4.78 is 29.5. The Morgan fingerprint density at radius 1 is 1.37 bits per heavy atom. The molecule has 1 aliphatic rings. The number of nitrogens with zero attached hydrogens (tertiary/aromatic N) is 3. The van der Waals surface area contributed by atoms with Crippen molar-refractivity contribution in [2.45, 2.75) is 18.9 Å². The van der Waals surface area contributed by atoms with Crippen molar-refractivity contribution in [3.8, 4) is 17.0 Å². The number of aliphatic imine (C=N–C) groups is 2. The van der Waals surface area contributed by atoms with Gasteiger partial charge in [0.15, 0.2) is 11.6 Å². The molecule has 1 saturated heterocycles. The van der Waals surface area contributed by atoms with Crippen molar-refractivity contribution in [2.24, 2.45) is 9.98 Å². The van der Waals surface area contributed by atoms with Gasteiger partial charge in [-0.3, -0.25) is 9.98 Å². The maximum atomic E-state index is 13.9. The fourth-order valence-electron chi connectivity index (χ4n) is 2.67.